The predicted molar refractivity (Wildman–Crippen MR) is 164 cm³/mol. The molecule has 4 aromatic heterocycles. The van der Waals surface area contributed by atoms with Gasteiger partial charge in [-0.05, 0) is 70.9 Å². The Bertz CT molecular complexity index is 1660. The monoisotopic (exact) mass is 571 g/mol. The van der Waals surface area contributed by atoms with Gasteiger partial charge in [0.25, 0.3) is 5.88 Å². The number of hydrogen-bond donors (Lipinski definition) is 3. The average molecular weight is 572 g/mol. The Kier molecular flexibility index (Phi) is 8.94. The number of nitrogens with zero attached hydrogens (tertiary/aromatic N) is 6. The Morgan fingerprint density at radius 1 is 0.857 bits per heavy atom. The topological polar surface area (TPSA) is 149 Å². The predicted octanol–water partition coefficient (Wildman–Crippen LogP) is 4.37. The van der Waals surface area contributed by atoms with Crippen LogP contribution < -0.4 is 15.8 Å². The summed E-state index contributed by atoms with van der Waals surface area (Å²) in [6.07, 6.45) is 6.99. The molecule has 0 saturated carbocycles. The number of aryl methyl sites for hydroxylation is 1. The highest BCUT2D eigenvalue weighted by Crippen LogP contribution is 2.32. The molecule has 0 amide bonds. The number of nitrogens with two attached hydrogens (primary N) is 1. The molecular formula is C30H37N9O3. The lowest BCUT2D eigenvalue weighted by molar-refractivity contribution is 0.0543. The van der Waals surface area contributed by atoms with Crippen molar-refractivity contribution in [3.05, 3.63) is 66.3 Å². The molecule has 0 bridgehead atoms. The third kappa shape index (κ3) is 6.67. The minimum atomic E-state index is 0.0980. The summed E-state index contributed by atoms with van der Waals surface area (Å²) in [6, 6.07) is 11.5. The number of fused-ring (bicyclic) bond motifs is 2. The lowest BCUT2D eigenvalue weighted by atomic mass is 10.1. The van der Waals surface area contributed by atoms with Gasteiger partial charge in [-0.2, -0.15) is 5.10 Å². The van der Waals surface area contributed by atoms with Gasteiger partial charge in [-0.3, -0.25) is 5.41 Å². The molecule has 0 unspecified atom stereocenters. The van der Waals surface area contributed by atoms with Crippen molar-refractivity contribution in [3.63, 3.8) is 0 Å². The van der Waals surface area contributed by atoms with Gasteiger partial charge in [0.05, 0.1) is 47.0 Å². The summed E-state index contributed by atoms with van der Waals surface area (Å²) >= 11 is 0. The number of ether oxygens (including phenoxy) is 3. The maximum atomic E-state index is 8.63. The highest BCUT2D eigenvalue weighted by atomic mass is 16.5. The third-order valence-electron chi connectivity index (χ3n) is 6.36. The van der Waals surface area contributed by atoms with Gasteiger partial charge in [0.2, 0.25) is 0 Å². The number of pyridine rings is 2. The van der Waals surface area contributed by atoms with E-state index in [9.17, 15) is 0 Å². The van der Waals surface area contributed by atoms with E-state index in [1.54, 1.807) is 15.1 Å². The van der Waals surface area contributed by atoms with Crippen LogP contribution in [0.1, 0.15) is 39.8 Å². The van der Waals surface area contributed by atoms with Crippen LogP contribution in [0.25, 0.3) is 11.0 Å². The summed E-state index contributed by atoms with van der Waals surface area (Å²) < 4.78 is 20.8. The van der Waals surface area contributed by atoms with Crippen LogP contribution in [0.2, 0.25) is 0 Å². The summed E-state index contributed by atoms with van der Waals surface area (Å²) in [5.74, 6) is 1.00. The van der Waals surface area contributed by atoms with Crippen molar-refractivity contribution in [2.75, 3.05) is 19.8 Å². The van der Waals surface area contributed by atoms with E-state index < -0.39 is 0 Å². The standard InChI is InChI=1S/C30H37N9O3/c1-19(2)40-15-9-10-23-26(24-11-5-7-13-38(24)36-23)33-28-21(31)18-22(32)29(35-28)34-27-25-12-6-8-14-39(25)37-30(27)42-17-16-41-20(3)4/h5-8,11-14,18-20,31H,9-10,15-17,32H2,1-4H3,(H,33,34,35). The molecule has 0 saturated heterocycles. The fourth-order valence-electron chi connectivity index (χ4n) is 4.42. The molecule has 0 spiro atoms. The zero-order valence-corrected chi connectivity index (χ0v) is 24.4. The van der Waals surface area contributed by atoms with Crippen LogP contribution in [0, 0.1) is 5.41 Å². The Balaban J connectivity index is 1.48. The van der Waals surface area contributed by atoms with Crippen molar-refractivity contribution in [2.24, 2.45) is 15.7 Å². The van der Waals surface area contributed by atoms with E-state index in [1.807, 2.05) is 76.5 Å². The summed E-state index contributed by atoms with van der Waals surface area (Å²) in [5, 5.41) is 21.1. The second-order valence-corrected chi connectivity index (χ2v) is 10.4. The van der Waals surface area contributed by atoms with Crippen molar-refractivity contribution in [1.82, 2.24) is 24.5 Å². The molecule has 0 atom stereocenters. The molecule has 0 radical (unpaired) electrons. The van der Waals surface area contributed by atoms with Crippen LogP contribution >= 0.6 is 0 Å². The summed E-state index contributed by atoms with van der Waals surface area (Å²) in [7, 11) is 0. The minimum absolute atomic E-state index is 0.0980. The van der Waals surface area contributed by atoms with Crippen LogP contribution in [-0.2, 0) is 15.9 Å². The molecule has 220 valence electrons. The molecule has 5 heterocycles. The number of hydrogen-bond acceptors (Lipinski definition) is 9. The summed E-state index contributed by atoms with van der Waals surface area (Å²) in [4.78, 5) is 9.71. The number of amidine groups is 2. The Hall–Kier alpha value is -4.55. The van der Waals surface area contributed by atoms with Crippen molar-refractivity contribution >= 4 is 39.8 Å². The highest BCUT2D eigenvalue weighted by Gasteiger charge is 2.23. The summed E-state index contributed by atoms with van der Waals surface area (Å²) in [5.41, 5.74) is 10.4. The molecule has 12 heteroatoms. The Morgan fingerprint density at radius 3 is 2.21 bits per heavy atom. The quantitative estimate of drug-likeness (QED) is 0.214. The van der Waals surface area contributed by atoms with Crippen molar-refractivity contribution < 1.29 is 14.2 Å². The fourth-order valence-corrected chi connectivity index (χ4v) is 4.42. The van der Waals surface area contributed by atoms with Gasteiger partial charge in [0, 0.05) is 19.0 Å². The highest BCUT2D eigenvalue weighted by molar-refractivity contribution is 6.50. The molecule has 4 N–H and O–H groups in total. The number of aromatic nitrogens is 4. The second-order valence-electron chi connectivity index (χ2n) is 10.4. The number of aliphatic imine (C=N–C) groups is 2. The lowest BCUT2D eigenvalue weighted by Gasteiger charge is -2.18. The largest absolute Gasteiger partial charge is 0.473 e. The van der Waals surface area contributed by atoms with Gasteiger partial charge in [-0.1, -0.05) is 12.1 Å². The Morgan fingerprint density at radius 2 is 1.50 bits per heavy atom. The van der Waals surface area contributed by atoms with E-state index in [2.05, 4.69) is 10.4 Å². The lowest BCUT2D eigenvalue weighted by Crippen LogP contribution is -2.42. The first-order valence-corrected chi connectivity index (χ1v) is 14.1. The van der Waals surface area contributed by atoms with E-state index >= 15 is 0 Å². The van der Waals surface area contributed by atoms with E-state index in [0.717, 1.165) is 23.1 Å². The van der Waals surface area contributed by atoms with Gasteiger partial charge in [0.15, 0.2) is 17.4 Å². The third-order valence-corrected chi connectivity index (χ3v) is 6.36. The van der Waals surface area contributed by atoms with Crippen LogP contribution in [0.15, 0.2) is 70.5 Å². The van der Waals surface area contributed by atoms with Gasteiger partial charge >= 0.3 is 0 Å². The first-order chi connectivity index (χ1) is 20.3. The van der Waals surface area contributed by atoms with Gasteiger partial charge < -0.3 is 25.3 Å². The smallest absolute Gasteiger partial charge is 0.260 e. The molecule has 12 nitrogen and oxygen atoms in total. The van der Waals surface area contributed by atoms with Crippen LogP contribution in [0.3, 0.4) is 0 Å². The SMILES string of the molecule is CC(C)OCCCc1nn2ccccc2c1/N=C1\N/C(=N/c2c(OCCOC(C)C)nn3ccccc23)C(N)=CC1=N. The van der Waals surface area contributed by atoms with Crippen LogP contribution in [-0.4, -0.2) is 68.6 Å². The number of nitrogens with one attached hydrogen (secondary N) is 2. The maximum Gasteiger partial charge on any atom is 0.260 e. The van der Waals surface area contributed by atoms with Gasteiger partial charge in [0.1, 0.15) is 12.3 Å². The molecule has 0 aromatic carbocycles. The zero-order valence-electron chi connectivity index (χ0n) is 24.4. The first-order valence-electron chi connectivity index (χ1n) is 14.1. The zero-order chi connectivity index (χ0) is 29.6. The second kappa shape index (κ2) is 13.0. The molecule has 5 rings (SSSR count). The van der Waals surface area contributed by atoms with Crippen LogP contribution in [0.4, 0.5) is 11.4 Å². The van der Waals surface area contributed by atoms with Crippen molar-refractivity contribution in [3.8, 4) is 5.88 Å². The molecule has 4 aromatic rings. The van der Waals surface area contributed by atoms with Crippen molar-refractivity contribution in [2.45, 2.75) is 52.7 Å². The van der Waals surface area contributed by atoms with E-state index in [0.29, 0.717) is 60.9 Å². The molecule has 0 aliphatic carbocycles. The van der Waals surface area contributed by atoms with Gasteiger partial charge in [-0.25, -0.2) is 19.0 Å². The van der Waals surface area contributed by atoms with E-state index in [1.165, 1.54) is 0 Å². The van der Waals surface area contributed by atoms with Gasteiger partial charge in [-0.15, -0.1) is 5.10 Å². The molecule has 1 aliphatic heterocycles. The molecular weight excluding hydrogens is 534 g/mol. The molecule has 42 heavy (non-hydrogen) atoms. The van der Waals surface area contributed by atoms with Crippen LogP contribution in [0.5, 0.6) is 5.88 Å². The Labute approximate surface area is 244 Å². The maximum absolute atomic E-state index is 8.63. The minimum Gasteiger partial charge on any atom is -0.473 e. The normalized spacial score (nSPS) is 15.9. The number of rotatable bonds is 12. The summed E-state index contributed by atoms with van der Waals surface area (Å²) in [6.45, 7) is 9.34. The first kappa shape index (κ1) is 29.0. The van der Waals surface area contributed by atoms with E-state index in [-0.39, 0.29) is 17.9 Å². The average Bonchev–Trinajstić information content (AvgIpc) is 3.49. The fraction of sp³-hybridized carbons (Fsp3) is 0.367. The van der Waals surface area contributed by atoms with Crippen molar-refractivity contribution in [1.29, 1.82) is 5.41 Å². The van der Waals surface area contributed by atoms with E-state index in [4.69, 9.17) is 40.4 Å². The molecule has 1 aliphatic rings. The molecule has 0 fully saturated rings.